The van der Waals surface area contributed by atoms with Gasteiger partial charge in [0.25, 0.3) is 5.91 Å². The molecule has 1 aliphatic carbocycles. The van der Waals surface area contributed by atoms with Crippen molar-refractivity contribution in [3.8, 4) is 0 Å². The van der Waals surface area contributed by atoms with Gasteiger partial charge in [0.1, 0.15) is 0 Å². The number of carbonyl (C=O) groups is 1. The number of H-pyrrole nitrogens is 1. The molecule has 1 aromatic heterocycles. The van der Waals surface area contributed by atoms with Gasteiger partial charge in [-0.3, -0.25) is 4.79 Å². The highest BCUT2D eigenvalue weighted by molar-refractivity contribution is 5.97. The molecule has 2 aromatic rings. The highest BCUT2D eigenvalue weighted by Crippen LogP contribution is 2.26. The highest BCUT2D eigenvalue weighted by Gasteiger charge is 2.29. The molecule has 1 aliphatic rings. The number of hydrogen-bond donors (Lipinski definition) is 2. The van der Waals surface area contributed by atoms with Gasteiger partial charge < -0.3 is 15.0 Å². The number of nitrogens with one attached hydrogen (secondary N) is 1. The topological polar surface area (TPSA) is 69.2 Å². The van der Waals surface area contributed by atoms with E-state index < -0.39 is 0 Å². The van der Waals surface area contributed by atoms with Crippen molar-refractivity contribution < 1.29 is 9.90 Å². The second-order valence-electron chi connectivity index (χ2n) is 4.94. The third kappa shape index (κ3) is 2.21. The fourth-order valence-electron chi connectivity index (χ4n) is 2.49. The van der Waals surface area contributed by atoms with Crippen molar-refractivity contribution in [3.63, 3.8) is 0 Å². The number of fused-ring (bicyclic) bond motifs is 1. The van der Waals surface area contributed by atoms with E-state index in [4.69, 9.17) is 5.11 Å². The summed E-state index contributed by atoms with van der Waals surface area (Å²) in [7, 11) is 0. The quantitative estimate of drug-likeness (QED) is 0.875. The molecule has 1 aromatic carbocycles. The average molecular weight is 259 g/mol. The molecule has 2 N–H and O–H groups in total. The molecule has 0 bridgehead atoms. The van der Waals surface area contributed by atoms with E-state index in [1.807, 2.05) is 12.1 Å². The first-order valence-electron chi connectivity index (χ1n) is 6.64. The lowest BCUT2D eigenvalue weighted by atomic mass is 9.91. The van der Waals surface area contributed by atoms with Crippen molar-refractivity contribution in [2.75, 3.05) is 13.2 Å². The van der Waals surface area contributed by atoms with Crippen LogP contribution in [0.4, 0.5) is 0 Å². The molecule has 5 nitrogen and oxygen atoms in total. The van der Waals surface area contributed by atoms with Gasteiger partial charge in [0.05, 0.1) is 24.0 Å². The van der Waals surface area contributed by atoms with Crippen molar-refractivity contribution in [2.24, 2.45) is 0 Å². The largest absolute Gasteiger partial charge is 0.395 e. The minimum atomic E-state index is -0.00440. The Morgan fingerprint density at radius 2 is 2.32 bits per heavy atom. The Kier molecular flexibility index (Phi) is 3.21. The molecule has 0 aliphatic heterocycles. The van der Waals surface area contributed by atoms with Gasteiger partial charge in [-0.25, -0.2) is 4.98 Å². The summed E-state index contributed by atoms with van der Waals surface area (Å²) in [5.41, 5.74) is 2.37. The fraction of sp³-hybridized carbons (Fsp3) is 0.429. The van der Waals surface area contributed by atoms with Gasteiger partial charge in [-0.2, -0.15) is 0 Å². The summed E-state index contributed by atoms with van der Waals surface area (Å²) in [5, 5.41) is 9.13. The van der Waals surface area contributed by atoms with Crippen LogP contribution in [0.15, 0.2) is 24.5 Å². The van der Waals surface area contributed by atoms with Crippen LogP contribution in [0.25, 0.3) is 11.0 Å². The van der Waals surface area contributed by atoms with Crippen molar-refractivity contribution >= 4 is 16.9 Å². The lowest BCUT2D eigenvalue weighted by Crippen LogP contribution is -2.45. The number of carbonyl (C=O) groups excluding carboxylic acids is 1. The minimum absolute atomic E-state index is 0.00440. The lowest BCUT2D eigenvalue weighted by Gasteiger charge is -2.37. The van der Waals surface area contributed by atoms with Gasteiger partial charge in [-0.1, -0.05) is 0 Å². The summed E-state index contributed by atoms with van der Waals surface area (Å²) in [4.78, 5) is 21.5. The van der Waals surface area contributed by atoms with Crippen LogP contribution in [0.5, 0.6) is 0 Å². The van der Waals surface area contributed by atoms with Crippen molar-refractivity contribution in [2.45, 2.75) is 25.3 Å². The first-order valence-corrected chi connectivity index (χ1v) is 6.64. The first kappa shape index (κ1) is 12.2. The van der Waals surface area contributed by atoms with Gasteiger partial charge >= 0.3 is 0 Å². The molecule has 1 heterocycles. The van der Waals surface area contributed by atoms with E-state index in [9.17, 15) is 4.79 Å². The molecule has 1 amide bonds. The molecule has 1 saturated carbocycles. The van der Waals surface area contributed by atoms with E-state index in [1.54, 1.807) is 17.3 Å². The van der Waals surface area contributed by atoms with E-state index in [2.05, 4.69) is 9.97 Å². The molecular weight excluding hydrogens is 242 g/mol. The summed E-state index contributed by atoms with van der Waals surface area (Å²) < 4.78 is 0. The van der Waals surface area contributed by atoms with Crippen LogP contribution in [0.2, 0.25) is 0 Å². The zero-order valence-electron chi connectivity index (χ0n) is 10.7. The third-order valence-electron chi connectivity index (χ3n) is 3.78. The predicted octanol–water partition coefficient (Wildman–Crippen LogP) is 1.55. The second-order valence-corrected chi connectivity index (χ2v) is 4.94. The van der Waals surface area contributed by atoms with Crippen molar-refractivity contribution in [1.82, 2.24) is 14.9 Å². The molecule has 0 spiro atoms. The van der Waals surface area contributed by atoms with Crippen LogP contribution >= 0.6 is 0 Å². The fourth-order valence-corrected chi connectivity index (χ4v) is 2.49. The summed E-state index contributed by atoms with van der Waals surface area (Å²) in [6, 6.07) is 5.76. The number of hydrogen-bond acceptors (Lipinski definition) is 3. The summed E-state index contributed by atoms with van der Waals surface area (Å²) in [5.74, 6) is -0.00440. The van der Waals surface area contributed by atoms with Gasteiger partial charge in [0.15, 0.2) is 0 Å². The maximum absolute atomic E-state index is 12.5. The maximum Gasteiger partial charge on any atom is 0.254 e. The summed E-state index contributed by atoms with van der Waals surface area (Å²) >= 11 is 0. The standard InChI is InChI=1S/C14H17N3O2/c18-7-6-17(11-2-1-3-11)14(19)10-4-5-12-13(8-10)16-9-15-12/h4-5,8-9,11,18H,1-3,6-7H2,(H,15,16). The van der Waals surface area contributed by atoms with Crippen LogP contribution in [0.3, 0.4) is 0 Å². The molecule has 1 fully saturated rings. The van der Waals surface area contributed by atoms with E-state index in [0.29, 0.717) is 12.1 Å². The smallest absolute Gasteiger partial charge is 0.254 e. The molecule has 5 heteroatoms. The highest BCUT2D eigenvalue weighted by atomic mass is 16.3. The number of imidazole rings is 1. The molecular formula is C14H17N3O2. The van der Waals surface area contributed by atoms with Crippen LogP contribution in [0, 0.1) is 0 Å². The number of aliphatic hydroxyl groups is 1. The monoisotopic (exact) mass is 259 g/mol. The third-order valence-corrected chi connectivity index (χ3v) is 3.78. The maximum atomic E-state index is 12.5. The first-order chi connectivity index (χ1) is 9.29. The molecule has 0 saturated heterocycles. The zero-order chi connectivity index (χ0) is 13.2. The number of aromatic amines is 1. The Balaban J connectivity index is 1.87. The molecule has 3 rings (SSSR count). The zero-order valence-corrected chi connectivity index (χ0v) is 10.7. The number of benzene rings is 1. The van der Waals surface area contributed by atoms with Gasteiger partial charge in [0, 0.05) is 18.2 Å². The van der Waals surface area contributed by atoms with E-state index in [-0.39, 0.29) is 18.6 Å². The minimum Gasteiger partial charge on any atom is -0.395 e. The van der Waals surface area contributed by atoms with Gasteiger partial charge in [0.2, 0.25) is 0 Å². The molecule has 19 heavy (non-hydrogen) atoms. The summed E-state index contributed by atoms with van der Waals surface area (Å²) in [6.07, 6.45) is 4.87. The van der Waals surface area contributed by atoms with E-state index in [0.717, 1.165) is 23.9 Å². The van der Waals surface area contributed by atoms with Crippen LogP contribution in [-0.4, -0.2) is 45.1 Å². The molecule has 0 unspecified atom stereocenters. The Morgan fingerprint density at radius 3 is 3.00 bits per heavy atom. The Hall–Kier alpha value is -1.88. The van der Waals surface area contributed by atoms with Crippen molar-refractivity contribution in [3.05, 3.63) is 30.1 Å². The number of nitrogens with zero attached hydrogens (tertiary/aromatic N) is 2. The summed E-state index contributed by atoms with van der Waals surface area (Å²) in [6.45, 7) is 0.416. The molecule has 0 radical (unpaired) electrons. The number of aromatic nitrogens is 2. The lowest BCUT2D eigenvalue weighted by molar-refractivity contribution is 0.0526. The van der Waals surface area contributed by atoms with Crippen molar-refractivity contribution in [1.29, 1.82) is 0 Å². The predicted molar refractivity (Wildman–Crippen MR) is 71.9 cm³/mol. The van der Waals surface area contributed by atoms with Crippen LogP contribution < -0.4 is 0 Å². The second kappa shape index (κ2) is 5.01. The molecule has 100 valence electrons. The Bertz CT molecular complexity index is 589. The number of amides is 1. The SMILES string of the molecule is O=C(c1ccc2nc[nH]c2c1)N(CCO)C1CCC1. The van der Waals surface area contributed by atoms with Gasteiger partial charge in [-0.05, 0) is 37.5 Å². The van der Waals surface area contributed by atoms with Crippen LogP contribution in [-0.2, 0) is 0 Å². The molecule has 0 atom stereocenters. The van der Waals surface area contributed by atoms with Crippen LogP contribution in [0.1, 0.15) is 29.6 Å². The Labute approximate surface area is 111 Å². The number of aliphatic hydroxyl groups excluding tert-OH is 1. The van der Waals surface area contributed by atoms with E-state index in [1.165, 1.54) is 6.42 Å². The normalized spacial score (nSPS) is 15.4. The number of rotatable bonds is 4. The Morgan fingerprint density at radius 1 is 1.47 bits per heavy atom. The average Bonchev–Trinajstić information content (AvgIpc) is 2.82. The van der Waals surface area contributed by atoms with E-state index >= 15 is 0 Å². The van der Waals surface area contributed by atoms with Gasteiger partial charge in [-0.15, -0.1) is 0 Å².